The van der Waals surface area contributed by atoms with Crippen molar-refractivity contribution in [3.8, 4) is 0 Å². The first-order chi connectivity index (χ1) is 11.4. The Morgan fingerprint density at radius 2 is 1.79 bits per heavy atom. The number of carbonyl (C=O) groups excluding carboxylic acids is 2. The fraction of sp³-hybridized carbons (Fsp3) is 0.545. The van der Waals surface area contributed by atoms with Crippen molar-refractivity contribution in [3.63, 3.8) is 0 Å². The van der Waals surface area contributed by atoms with Crippen molar-refractivity contribution in [1.82, 2.24) is 0 Å². The molecule has 24 heavy (non-hydrogen) atoms. The van der Waals surface area contributed by atoms with Gasteiger partial charge in [0.15, 0.2) is 11.6 Å². The van der Waals surface area contributed by atoms with E-state index < -0.39 is 0 Å². The van der Waals surface area contributed by atoms with E-state index in [2.05, 4.69) is 26.0 Å². The number of rotatable bonds is 3. The first kappa shape index (κ1) is 17.1. The van der Waals surface area contributed by atoms with Crippen LogP contribution < -0.4 is 0 Å². The Morgan fingerprint density at radius 3 is 2.50 bits per heavy atom. The van der Waals surface area contributed by atoms with Gasteiger partial charge in [-0.3, -0.25) is 9.59 Å². The normalized spacial score (nSPS) is 27.4. The maximum absolute atomic E-state index is 12.6. The standard InChI is InChI=1S/C22H28O2/c1-5-19-18(9-14(3)15(4)22(19)24)11-16-10-17-8-6-7-13(2)21(17)20(23)12-16/h6-8,16,18-19H,5,9-12H2,1-4H3. The molecule has 0 spiro atoms. The van der Waals surface area contributed by atoms with Gasteiger partial charge in [0.2, 0.25) is 0 Å². The highest BCUT2D eigenvalue weighted by atomic mass is 16.1. The van der Waals surface area contributed by atoms with Gasteiger partial charge in [-0.05, 0) is 75.0 Å². The predicted octanol–water partition coefficient (Wildman–Crippen LogP) is 5.08. The first-order valence-electron chi connectivity index (χ1n) is 9.24. The van der Waals surface area contributed by atoms with Gasteiger partial charge in [0.1, 0.15) is 0 Å². The zero-order valence-corrected chi connectivity index (χ0v) is 15.3. The van der Waals surface area contributed by atoms with Gasteiger partial charge in [-0.15, -0.1) is 0 Å². The Morgan fingerprint density at radius 1 is 1.04 bits per heavy atom. The van der Waals surface area contributed by atoms with Crippen LogP contribution in [0, 0.1) is 24.7 Å². The van der Waals surface area contributed by atoms with Crippen LogP contribution in [0.15, 0.2) is 29.3 Å². The van der Waals surface area contributed by atoms with Crippen LogP contribution in [0.2, 0.25) is 0 Å². The number of aryl methyl sites for hydroxylation is 1. The van der Waals surface area contributed by atoms with Gasteiger partial charge in [-0.1, -0.05) is 30.7 Å². The molecular weight excluding hydrogens is 296 g/mol. The highest BCUT2D eigenvalue weighted by Crippen LogP contribution is 2.40. The molecule has 0 N–H and O–H groups in total. The minimum absolute atomic E-state index is 0.141. The molecule has 1 aromatic carbocycles. The topological polar surface area (TPSA) is 34.1 Å². The fourth-order valence-electron chi connectivity index (χ4n) is 4.80. The van der Waals surface area contributed by atoms with E-state index >= 15 is 0 Å². The smallest absolute Gasteiger partial charge is 0.163 e. The Bertz CT molecular complexity index is 711. The molecule has 2 aliphatic rings. The molecule has 0 heterocycles. The van der Waals surface area contributed by atoms with Gasteiger partial charge >= 0.3 is 0 Å². The lowest BCUT2D eigenvalue weighted by atomic mass is 9.68. The number of hydrogen-bond acceptors (Lipinski definition) is 2. The molecule has 0 aliphatic heterocycles. The van der Waals surface area contributed by atoms with Gasteiger partial charge in [0, 0.05) is 17.9 Å². The number of ketones is 2. The summed E-state index contributed by atoms with van der Waals surface area (Å²) in [4.78, 5) is 25.2. The van der Waals surface area contributed by atoms with Gasteiger partial charge in [0.05, 0.1) is 0 Å². The summed E-state index contributed by atoms with van der Waals surface area (Å²) in [6, 6.07) is 6.19. The second kappa shape index (κ2) is 6.66. The van der Waals surface area contributed by atoms with Crippen molar-refractivity contribution in [2.75, 3.05) is 0 Å². The van der Waals surface area contributed by atoms with Crippen molar-refractivity contribution in [3.05, 3.63) is 46.0 Å². The Labute approximate surface area is 145 Å². The zero-order chi connectivity index (χ0) is 17.4. The number of benzene rings is 1. The monoisotopic (exact) mass is 324 g/mol. The van der Waals surface area contributed by atoms with Crippen LogP contribution in [-0.4, -0.2) is 11.6 Å². The molecule has 0 saturated heterocycles. The molecule has 2 heteroatoms. The van der Waals surface area contributed by atoms with Gasteiger partial charge in [-0.2, -0.15) is 0 Å². The van der Waals surface area contributed by atoms with Gasteiger partial charge in [0.25, 0.3) is 0 Å². The van der Waals surface area contributed by atoms with E-state index in [-0.39, 0.29) is 11.7 Å². The summed E-state index contributed by atoms with van der Waals surface area (Å²) in [5, 5.41) is 0. The molecule has 0 saturated carbocycles. The molecule has 3 unspecified atom stereocenters. The summed E-state index contributed by atoms with van der Waals surface area (Å²) in [7, 11) is 0. The molecule has 0 aromatic heterocycles. The van der Waals surface area contributed by atoms with Crippen LogP contribution >= 0.6 is 0 Å². The minimum atomic E-state index is 0.141. The van der Waals surface area contributed by atoms with E-state index in [0.29, 0.717) is 24.0 Å². The van der Waals surface area contributed by atoms with E-state index in [4.69, 9.17) is 0 Å². The Kier molecular flexibility index (Phi) is 4.76. The lowest BCUT2D eigenvalue weighted by Crippen LogP contribution is -2.32. The molecular formula is C22H28O2. The van der Waals surface area contributed by atoms with Crippen molar-refractivity contribution < 1.29 is 9.59 Å². The molecule has 1 aromatic rings. The number of fused-ring (bicyclic) bond motifs is 1. The fourth-order valence-corrected chi connectivity index (χ4v) is 4.80. The van der Waals surface area contributed by atoms with Crippen LogP contribution in [0.1, 0.15) is 67.9 Å². The second-order valence-corrected chi connectivity index (χ2v) is 7.79. The van der Waals surface area contributed by atoms with Crippen molar-refractivity contribution >= 4 is 11.6 Å². The summed E-state index contributed by atoms with van der Waals surface area (Å²) in [6.07, 6.45) is 4.53. The number of carbonyl (C=O) groups is 2. The minimum Gasteiger partial charge on any atom is -0.294 e. The van der Waals surface area contributed by atoms with Crippen molar-refractivity contribution in [2.24, 2.45) is 17.8 Å². The van der Waals surface area contributed by atoms with Crippen LogP contribution in [0.3, 0.4) is 0 Å². The summed E-state index contributed by atoms with van der Waals surface area (Å²) < 4.78 is 0. The molecule has 0 radical (unpaired) electrons. The summed E-state index contributed by atoms with van der Waals surface area (Å²) in [5.74, 6) is 1.55. The Balaban J connectivity index is 1.80. The first-order valence-corrected chi connectivity index (χ1v) is 9.24. The average Bonchev–Trinajstić information content (AvgIpc) is 2.53. The average molecular weight is 324 g/mol. The number of hydrogen-bond donors (Lipinski definition) is 0. The van der Waals surface area contributed by atoms with Crippen LogP contribution in [-0.2, 0) is 11.2 Å². The maximum atomic E-state index is 12.6. The molecule has 3 atom stereocenters. The number of Topliss-reactive ketones (excluding diaryl/α,β-unsaturated/α-hetero) is 2. The van der Waals surface area contributed by atoms with E-state index in [0.717, 1.165) is 42.4 Å². The van der Waals surface area contributed by atoms with Gasteiger partial charge < -0.3 is 0 Å². The lowest BCUT2D eigenvalue weighted by Gasteiger charge is -2.35. The zero-order valence-electron chi connectivity index (χ0n) is 15.3. The van der Waals surface area contributed by atoms with E-state index in [1.165, 1.54) is 11.1 Å². The third-order valence-electron chi connectivity index (χ3n) is 6.18. The van der Waals surface area contributed by atoms with Crippen molar-refractivity contribution in [2.45, 2.75) is 59.8 Å². The Hall–Kier alpha value is -1.70. The van der Waals surface area contributed by atoms with Crippen LogP contribution in [0.4, 0.5) is 0 Å². The molecule has 2 aliphatic carbocycles. The predicted molar refractivity (Wildman–Crippen MR) is 97.2 cm³/mol. The molecule has 2 nitrogen and oxygen atoms in total. The largest absolute Gasteiger partial charge is 0.294 e. The molecule has 0 fully saturated rings. The molecule has 3 rings (SSSR count). The molecule has 0 bridgehead atoms. The quantitative estimate of drug-likeness (QED) is 0.777. The third-order valence-corrected chi connectivity index (χ3v) is 6.18. The SMILES string of the molecule is CCC1C(=O)C(C)=C(C)CC1CC1CC(=O)c2c(C)cccc2C1. The lowest BCUT2D eigenvalue weighted by molar-refractivity contribution is -0.121. The van der Waals surface area contributed by atoms with E-state index in [1.54, 1.807) is 0 Å². The van der Waals surface area contributed by atoms with Gasteiger partial charge in [-0.25, -0.2) is 0 Å². The van der Waals surface area contributed by atoms with Crippen LogP contribution in [0.5, 0.6) is 0 Å². The number of allylic oxidation sites excluding steroid dienone is 2. The highest BCUT2D eigenvalue weighted by Gasteiger charge is 2.36. The molecule has 128 valence electrons. The summed E-state index contributed by atoms with van der Waals surface area (Å²) >= 11 is 0. The van der Waals surface area contributed by atoms with E-state index in [9.17, 15) is 9.59 Å². The third kappa shape index (κ3) is 2.99. The second-order valence-electron chi connectivity index (χ2n) is 7.79. The van der Waals surface area contributed by atoms with E-state index in [1.807, 2.05) is 19.9 Å². The van der Waals surface area contributed by atoms with Crippen LogP contribution in [0.25, 0.3) is 0 Å². The molecule has 0 amide bonds. The summed E-state index contributed by atoms with van der Waals surface area (Å²) in [6.45, 7) is 8.21. The summed E-state index contributed by atoms with van der Waals surface area (Å²) in [5.41, 5.74) is 5.47. The van der Waals surface area contributed by atoms with Crippen molar-refractivity contribution in [1.29, 1.82) is 0 Å². The highest BCUT2D eigenvalue weighted by molar-refractivity contribution is 6.00. The maximum Gasteiger partial charge on any atom is 0.163 e.